The number of carbonyl (C=O) groups is 1. The highest BCUT2D eigenvalue weighted by atomic mass is 79.9. The van der Waals surface area contributed by atoms with Crippen molar-refractivity contribution >= 4 is 33.3 Å². The van der Waals surface area contributed by atoms with Crippen LogP contribution in [0.3, 0.4) is 0 Å². The lowest BCUT2D eigenvalue weighted by atomic mass is 10.1. The summed E-state index contributed by atoms with van der Waals surface area (Å²) in [6.07, 6.45) is 0. The van der Waals surface area contributed by atoms with E-state index in [2.05, 4.69) is 31.4 Å². The van der Waals surface area contributed by atoms with E-state index in [0.717, 1.165) is 4.47 Å². The first-order valence-corrected chi connectivity index (χ1v) is 4.99. The number of hydrogen-bond donors (Lipinski definition) is 3. The lowest BCUT2D eigenvalue weighted by Gasteiger charge is -2.13. The third-order valence-electron chi connectivity index (χ3n) is 1.91. The molecule has 1 rings (SSSR count). The molecular formula is C9H12BrN3O2. The summed E-state index contributed by atoms with van der Waals surface area (Å²) >= 11 is 3.28. The average molecular weight is 274 g/mol. The summed E-state index contributed by atoms with van der Waals surface area (Å²) < 4.78 is 5.41. The van der Waals surface area contributed by atoms with Crippen molar-refractivity contribution in [3.63, 3.8) is 0 Å². The van der Waals surface area contributed by atoms with E-state index < -0.39 is 5.97 Å². The molecule has 0 radical (unpaired) electrons. The van der Waals surface area contributed by atoms with Gasteiger partial charge in [-0.2, -0.15) is 0 Å². The third kappa shape index (κ3) is 2.40. The molecule has 0 heterocycles. The van der Waals surface area contributed by atoms with Crippen molar-refractivity contribution in [2.75, 3.05) is 24.9 Å². The molecule has 0 saturated carbocycles. The first-order chi connectivity index (χ1) is 7.13. The van der Waals surface area contributed by atoms with Crippen molar-refractivity contribution in [3.8, 4) is 0 Å². The predicted octanol–water partition coefficient (Wildman–Crippen LogP) is 1.56. The van der Waals surface area contributed by atoms with Gasteiger partial charge in [-0.05, 0) is 12.1 Å². The minimum Gasteiger partial charge on any atom is -0.465 e. The van der Waals surface area contributed by atoms with Crippen LogP contribution in [0.5, 0.6) is 0 Å². The molecule has 0 aliphatic carbocycles. The van der Waals surface area contributed by atoms with Gasteiger partial charge in [-0.1, -0.05) is 15.9 Å². The van der Waals surface area contributed by atoms with Gasteiger partial charge < -0.3 is 15.5 Å². The minimum absolute atomic E-state index is 0.419. The van der Waals surface area contributed by atoms with E-state index in [-0.39, 0.29) is 0 Å². The molecule has 6 heteroatoms. The van der Waals surface area contributed by atoms with E-state index in [1.807, 2.05) is 0 Å². The van der Waals surface area contributed by atoms with Crippen LogP contribution in [0.4, 0.5) is 11.4 Å². The number of anilines is 2. The van der Waals surface area contributed by atoms with Crippen molar-refractivity contribution in [1.29, 1.82) is 0 Å². The molecule has 5 nitrogen and oxygen atoms in total. The first-order valence-electron chi connectivity index (χ1n) is 4.20. The van der Waals surface area contributed by atoms with Crippen molar-refractivity contribution in [2.24, 2.45) is 5.84 Å². The summed E-state index contributed by atoms with van der Waals surface area (Å²) in [6, 6.07) is 3.43. The third-order valence-corrected chi connectivity index (χ3v) is 2.37. The lowest BCUT2D eigenvalue weighted by molar-refractivity contribution is 0.0602. The Balaban J connectivity index is 3.35. The van der Waals surface area contributed by atoms with Gasteiger partial charge in [0, 0.05) is 11.5 Å². The van der Waals surface area contributed by atoms with Gasteiger partial charge in [-0.15, -0.1) is 0 Å². The van der Waals surface area contributed by atoms with Gasteiger partial charge in [0.15, 0.2) is 0 Å². The Morgan fingerprint density at radius 1 is 1.53 bits per heavy atom. The Labute approximate surface area is 96.1 Å². The molecule has 1 aromatic carbocycles. The Bertz CT molecular complexity index is 382. The predicted molar refractivity (Wildman–Crippen MR) is 62.8 cm³/mol. The van der Waals surface area contributed by atoms with Crippen LogP contribution in [0.25, 0.3) is 0 Å². The van der Waals surface area contributed by atoms with E-state index in [9.17, 15) is 4.79 Å². The quantitative estimate of drug-likeness (QED) is 0.443. The van der Waals surface area contributed by atoms with Crippen molar-refractivity contribution in [1.82, 2.24) is 0 Å². The lowest BCUT2D eigenvalue weighted by Crippen LogP contribution is -2.13. The number of nitrogen functional groups attached to an aromatic ring is 1. The van der Waals surface area contributed by atoms with Crippen LogP contribution >= 0.6 is 15.9 Å². The van der Waals surface area contributed by atoms with E-state index in [0.29, 0.717) is 16.9 Å². The number of halogens is 1. The highest BCUT2D eigenvalue weighted by Gasteiger charge is 2.15. The number of nitrogens with two attached hydrogens (primary N) is 1. The number of hydrogen-bond acceptors (Lipinski definition) is 5. The Hall–Kier alpha value is -1.27. The number of esters is 1. The fraction of sp³-hybridized carbons (Fsp3) is 0.222. The summed E-state index contributed by atoms with van der Waals surface area (Å²) in [6.45, 7) is 0. The van der Waals surface area contributed by atoms with Gasteiger partial charge in [0.2, 0.25) is 0 Å². The zero-order chi connectivity index (χ0) is 11.4. The number of ether oxygens (including phenoxy) is 1. The van der Waals surface area contributed by atoms with Gasteiger partial charge in [0.25, 0.3) is 0 Å². The first kappa shape index (κ1) is 11.8. The van der Waals surface area contributed by atoms with Crippen LogP contribution in [-0.4, -0.2) is 20.1 Å². The standard InChI is InChI=1S/C9H12BrN3O2/c1-12-8-6(9(14)15-2)3-5(10)4-7(8)13-11/h3-4,12-13H,11H2,1-2H3. The summed E-state index contributed by atoms with van der Waals surface area (Å²) in [5.41, 5.74) is 4.15. The summed E-state index contributed by atoms with van der Waals surface area (Å²) in [7, 11) is 3.04. The van der Waals surface area contributed by atoms with E-state index in [1.165, 1.54) is 7.11 Å². The van der Waals surface area contributed by atoms with Crippen LogP contribution in [0.2, 0.25) is 0 Å². The van der Waals surface area contributed by atoms with Gasteiger partial charge in [0.05, 0.1) is 24.0 Å². The van der Waals surface area contributed by atoms with Crippen LogP contribution < -0.4 is 16.6 Å². The molecule has 0 unspecified atom stereocenters. The molecule has 0 atom stereocenters. The molecule has 0 spiro atoms. The van der Waals surface area contributed by atoms with Crippen molar-refractivity contribution in [2.45, 2.75) is 0 Å². The summed E-state index contributed by atoms with van der Waals surface area (Å²) in [5.74, 6) is 4.92. The van der Waals surface area contributed by atoms with E-state index >= 15 is 0 Å². The molecule has 0 bridgehead atoms. The average Bonchev–Trinajstić information content (AvgIpc) is 2.26. The smallest absolute Gasteiger partial charge is 0.340 e. The molecule has 0 amide bonds. The van der Waals surface area contributed by atoms with E-state index in [4.69, 9.17) is 5.84 Å². The second-order valence-corrected chi connectivity index (χ2v) is 3.68. The zero-order valence-electron chi connectivity index (χ0n) is 8.43. The van der Waals surface area contributed by atoms with Gasteiger partial charge in [-0.3, -0.25) is 5.84 Å². The second kappa shape index (κ2) is 4.99. The topological polar surface area (TPSA) is 76.4 Å². The number of benzene rings is 1. The number of nitrogens with one attached hydrogen (secondary N) is 2. The van der Waals surface area contributed by atoms with Crippen molar-refractivity contribution < 1.29 is 9.53 Å². The van der Waals surface area contributed by atoms with Gasteiger partial charge in [-0.25, -0.2) is 4.79 Å². The molecule has 82 valence electrons. The number of rotatable bonds is 3. The fourth-order valence-electron chi connectivity index (χ4n) is 1.26. The molecule has 0 fully saturated rings. The number of methoxy groups -OCH3 is 1. The SMILES string of the molecule is CNc1c(NN)cc(Br)cc1C(=O)OC. The van der Waals surface area contributed by atoms with Crippen LogP contribution in [0.1, 0.15) is 10.4 Å². The Morgan fingerprint density at radius 3 is 2.67 bits per heavy atom. The van der Waals surface area contributed by atoms with Crippen molar-refractivity contribution in [3.05, 3.63) is 22.2 Å². The minimum atomic E-state index is -0.419. The maximum Gasteiger partial charge on any atom is 0.340 e. The molecule has 1 aromatic rings. The fourth-order valence-corrected chi connectivity index (χ4v) is 1.72. The maximum atomic E-state index is 11.5. The Kier molecular flexibility index (Phi) is 3.93. The van der Waals surface area contributed by atoms with Crippen LogP contribution in [0, 0.1) is 0 Å². The monoisotopic (exact) mass is 273 g/mol. The van der Waals surface area contributed by atoms with Crippen LogP contribution in [0.15, 0.2) is 16.6 Å². The highest BCUT2D eigenvalue weighted by molar-refractivity contribution is 9.10. The summed E-state index contributed by atoms with van der Waals surface area (Å²) in [5, 5.41) is 2.89. The van der Waals surface area contributed by atoms with Crippen LogP contribution in [-0.2, 0) is 4.74 Å². The zero-order valence-corrected chi connectivity index (χ0v) is 10.0. The molecular weight excluding hydrogens is 262 g/mol. The normalized spacial score (nSPS) is 9.60. The maximum absolute atomic E-state index is 11.5. The molecule has 15 heavy (non-hydrogen) atoms. The number of hydrazine groups is 1. The second-order valence-electron chi connectivity index (χ2n) is 2.76. The number of carbonyl (C=O) groups excluding carboxylic acids is 1. The molecule has 0 saturated heterocycles. The highest BCUT2D eigenvalue weighted by Crippen LogP contribution is 2.30. The summed E-state index contributed by atoms with van der Waals surface area (Å²) in [4.78, 5) is 11.5. The van der Waals surface area contributed by atoms with E-state index in [1.54, 1.807) is 19.2 Å². The molecule has 0 aliphatic rings. The Morgan fingerprint density at radius 2 is 2.20 bits per heavy atom. The molecule has 0 aromatic heterocycles. The molecule has 0 aliphatic heterocycles. The molecule has 4 N–H and O–H groups in total. The van der Waals surface area contributed by atoms with Gasteiger partial charge in [0.1, 0.15) is 0 Å². The van der Waals surface area contributed by atoms with Gasteiger partial charge >= 0.3 is 5.97 Å². The largest absolute Gasteiger partial charge is 0.465 e.